The SMILES string of the molecule is COc1cc(Br)ccc1C=Nc1ccc(Br)cc1OC. The second kappa shape index (κ2) is 6.90. The van der Waals surface area contributed by atoms with E-state index in [0.717, 1.165) is 25.9 Å². The van der Waals surface area contributed by atoms with Gasteiger partial charge in [-0.1, -0.05) is 31.9 Å². The molecule has 2 aromatic carbocycles. The van der Waals surface area contributed by atoms with Crippen molar-refractivity contribution in [2.75, 3.05) is 14.2 Å². The van der Waals surface area contributed by atoms with E-state index in [9.17, 15) is 0 Å². The number of methoxy groups -OCH3 is 2. The van der Waals surface area contributed by atoms with Gasteiger partial charge in [0.15, 0.2) is 0 Å². The molecule has 3 nitrogen and oxygen atoms in total. The Hall–Kier alpha value is -1.33. The molecule has 0 fully saturated rings. The molecule has 2 aromatic rings. The van der Waals surface area contributed by atoms with Crippen LogP contribution in [0.2, 0.25) is 0 Å². The van der Waals surface area contributed by atoms with Gasteiger partial charge in [0, 0.05) is 20.7 Å². The third-order valence-electron chi connectivity index (χ3n) is 2.68. The number of rotatable bonds is 4. The lowest BCUT2D eigenvalue weighted by Gasteiger charge is -2.06. The molecule has 0 radical (unpaired) electrons. The van der Waals surface area contributed by atoms with Crippen molar-refractivity contribution in [3.8, 4) is 11.5 Å². The summed E-state index contributed by atoms with van der Waals surface area (Å²) >= 11 is 6.82. The summed E-state index contributed by atoms with van der Waals surface area (Å²) in [7, 11) is 3.26. The fourth-order valence-corrected chi connectivity index (χ4v) is 2.37. The Morgan fingerprint density at radius 1 is 0.900 bits per heavy atom. The Morgan fingerprint density at radius 3 is 2.15 bits per heavy atom. The molecule has 0 aromatic heterocycles. The Balaban J connectivity index is 2.34. The summed E-state index contributed by atoms with van der Waals surface area (Å²) in [5.74, 6) is 1.48. The largest absolute Gasteiger partial charge is 0.496 e. The van der Waals surface area contributed by atoms with Gasteiger partial charge in [0.2, 0.25) is 0 Å². The van der Waals surface area contributed by atoms with Gasteiger partial charge in [0.25, 0.3) is 0 Å². The Bertz CT molecular complexity index is 586. The van der Waals surface area contributed by atoms with E-state index >= 15 is 0 Å². The molecule has 0 heterocycles. The van der Waals surface area contributed by atoms with Crippen LogP contribution in [0, 0.1) is 0 Å². The van der Waals surface area contributed by atoms with E-state index in [2.05, 4.69) is 36.9 Å². The molecular formula is C15H13Br2NO2. The lowest BCUT2D eigenvalue weighted by molar-refractivity contribution is 0.413. The average molecular weight is 399 g/mol. The molecule has 0 unspecified atom stereocenters. The van der Waals surface area contributed by atoms with Crippen LogP contribution in [-0.2, 0) is 0 Å². The summed E-state index contributed by atoms with van der Waals surface area (Å²) in [5, 5.41) is 0. The molecule has 0 aliphatic rings. The number of aliphatic imine (C=N–C) groups is 1. The monoisotopic (exact) mass is 397 g/mol. The van der Waals surface area contributed by atoms with E-state index < -0.39 is 0 Å². The summed E-state index contributed by atoms with van der Waals surface area (Å²) in [6.07, 6.45) is 1.76. The normalized spacial score (nSPS) is 10.8. The lowest BCUT2D eigenvalue weighted by atomic mass is 10.2. The average Bonchev–Trinajstić information content (AvgIpc) is 2.46. The van der Waals surface area contributed by atoms with Crippen molar-refractivity contribution in [3.05, 3.63) is 50.9 Å². The predicted molar refractivity (Wildman–Crippen MR) is 88.6 cm³/mol. The standard InChI is InChI=1S/C15H13Br2NO2/c1-19-14-7-11(16)4-3-10(14)9-18-13-6-5-12(17)8-15(13)20-2/h3-9H,1-2H3. The summed E-state index contributed by atoms with van der Waals surface area (Å²) in [6.45, 7) is 0. The zero-order valence-electron chi connectivity index (χ0n) is 11.1. The summed E-state index contributed by atoms with van der Waals surface area (Å²) in [6, 6.07) is 11.5. The molecule has 5 heteroatoms. The summed E-state index contributed by atoms with van der Waals surface area (Å²) in [4.78, 5) is 4.46. The Morgan fingerprint density at radius 2 is 1.50 bits per heavy atom. The molecule has 0 saturated heterocycles. The van der Waals surface area contributed by atoms with Gasteiger partial charge in [-0.3, -0.25) is 4.99 Å². The molecule has 0 atom stereocenters. The van der Waals surface area contributed by atoms with Gasteiger partial charge in [0.1, 0.15) is 17.2 Å². The highest BCUT2D eigenvalue weighted by Gasteiger charge is 2.04. The maximum Gasteiger partial charge on any atom is 0.145 e. The predicted octanol–water partition coefficient (Wildman–Crippen LogP) is 4.98. The van der Waals surface area contributed by atoms with Crippen molar-refractivity contribution in [1.82, 2.24) is 0 Å². The molecule has 0 N–H and O–H groups in total. The highest BCUT2D eigenvalue weighted by molar-refractivity contribution is 9.10. The number of halogens is 2. The quantitative estimate of drug-likeness (QED) is 0.680. The van der Waals surface area contributed by atoms with Crippen molar-refractivity contribution in [1.29, 1.82) is 0 Å². The summed E-state index contributed by atoms with van der Waals surface area (Å²) < 4.78 is 12.6. The molecule has 104 valence electrons. The molecule has 0 spiro atoms. The Kier molecular flexibility index (Phi) is 5.20. The second-order valence-electron chi connectivity index (χ2n) is 3.96. The Labute approximate surface area is 134 Å². The topological polar surface area (TPSA) is 30.8 Å². The highest BCUT2D eigenvalue weighted by atomic mass is 79.9. The highest BCUT2D eigenvalue weighted by Crippen LogP contribution is 2.31. The minimum atomic E-state index is 0.715. The summed E-state index contributed by atoms with van der Waals surface area (Å²) in [5.41, 5.74) is 1.67. The van der Waals surface area contributed by atoms with Crippen LogP contribution in [0.5, 0.6) is 11.5 Å². The minimum absolute atomic E-state index is 0.715. The molecule has 0 aliphatic carbocycles. The van der Waals surface area contributed by atoms with Crippen LogP contribution >= 0.6 is 31.9 Å². The van der Waals surface area contributed by atoms with Gasteiger partial charge in [-0.2, -0.15) is 0 Å². The van der Waals surface area contributed by atoms with Crippen LogP contribution in [-0.4, -0.2) is 20.4 Å². The zero-order chi connectivity index (χ0) is 14.5. The van der Waals surface area contributed by atoms with E-state index in [0.29, 0.717) is 5.75 Å². The lowest BCUT2D eigenvalue weighted by Crippen LogP contribution is -1.91. The first-order chi connectivity index (χ1) is 9.63. The fraction of sp³-hybridized carbons (Fsp3) is 0.133. The van der Waals surface area contributed by atoms with E-state index in [1.807, 2.05) is 36.4 Å². The van der Waals surface area contributed by atoms with Crippen LogP contribution in [0.25, 0.3) is 0 Å². The van der Waals surface area contributed by atoms with Gasteiger partial charge in [-0.15, -0.1) is 0 Å². The maximum absolute atomic E-state index is 5.33. The van der Waals surface area contributed by atoms with Crippen molar-refractivity contribution in [2.45, 2.75) is 0 Å². The first-order valence-electron chi connectivity index (χ1n) is 5.85. The second-order valence-corrected chi connectivity index (χ2v) is 5.79. The molecule has 0 bridgehead atoms. The molecule has 20 heavy (non-hydrogen) atoms. The van der Waals surface area contributed by atoms with Gasteiger partial charge in [-0.25, -0.2) is 0 Å². The maximum atomic E-state index is 5.33. The minimum Gasteiger partial charge on any atom is -0.496 e. The molecule has 2 rings (SSSR count). The molecule has 0 amide bonds. The first-order valence-corrected chi connectivity index (χ1v) is 7.44. The zero-order valence-corrected chi connectivity index (χ0v) is 14.2. The van der Waals surface area contributed by atoms with Crippen molar-refractivity contribution < 1.29 is 9.47 Å². The smallest absolute Gasteiger partial charge is 0.145 e. The van der Waals surface area contributed by atoms with Gasteiger partial charge < -0.3 is 9.47 Å². The number of hydrogen-bond donors (Lipinski definition) is 0. The van der Waals surface area contributed by atoms with Crippen molar-refractivity contribution in [3.63, 3.8) is 0 Å². The number of hydrogen-bond acceptors (Lipinski definition) is 3. The van der Waals surface area contributed by atoms with E-state index in [1.54, 1.807) is 20.4 Å². The van der Waals surface area contributed by atoms with Crippen LogP contribution in [0.4, 0.5) is 5.69 Å². The third-order valence-corrected chi connectivity index (χ3v) is 3.67. The van der Waals surface area contributed by atoms with Crippen LogP contribution in [0.3, 0.4) is 0 Å². The van der Waals surface area contributed by atoms with Crippen molar-refractivity contribution >= 4 is 43.8 Å². The molecule has 0 aliphatic heterocycles. The molecule has 0 saturated carbocycles. The van der Waals surface area contributed by atoms with Crippen LogP contribution in [0.15, 0.2) is 50.3 Å². The van der Waals surface area contributed by atoms with E-state index in [1.165, 1.54) is 0 Å². The van der Waals surface area contributed by atoms with E-state index in [4.69, 9.17) is 9.47 Å². The van der Waals surface area contributed by atoms with Crippen molar-refractivity contribution in [2.24, 2.45) is 4.99 Å². The number of ether oxygens (including phenoxy) is 2. The first kappa shape index (κ1) is 15.1. The van der Waals surface area contributed by atoms with Crippen LogP contribution < -0.4 is 9.47 Å². The number of nitrogens with zero attached hydrogens (tertiary/aromatic N) is 1. The van der Waals surface area contributed by atoms with Gasteiger partial charge in [-0.05, 0) is 36.4 Å². The van der Waals surface area contributed by atoms with Gasteiger partial charge in [0.05, 0.1) is 14.2 Å². The molecular weight excluding hydrogens is 386 g/mol. The van der Waals surface area contributed by atoms with Gasteiger partial charge >= 0.3 is 0 Å². The van der Waals surface area contributed by atoms with E-state index in [-0.39, 0.29) is 0 Å². The fourth-order valence-electron chi connectivity index (χ4n) is 1.69. The third kappa shape index (κ3) is 3.61. The van der Waals surface area contributed by atoms with Crippen LogP contribution in [0.1, 0.15) is 5.56 Å². The number of benzene rings is 2.